The normalized spacial score (nSPS) is 10.9. The topological polar surface area (TPSA) is 48.0 Å². The van der Waals surface area contributed by atoms with Gasteiger partial charge in [0.15, 0.2) is 0 Å². The van der Waals surface area contributed by atoms with Crippen LogP contribution in [0.25, 0.3) is 16.5 Å². The van der Waals surface area contributed by atoms with Gasteiger partial charge in [-0.2, -0.15) is 0 Å². The molecule has 1 aromatic heterocycles. The molecule has 2 N–H and O–H groups in total. The van der Waals surface area contributed by atoms with Crippen LogP contribution in [-0.2, 0) is 0 Å². The second-order valence-corrected chi connectivity index (χ2v) is 4.70. The van der Waals surface area contributed by atoms with Crippen LogP contribution in [-0.4, -0.2) is 4.57 Å². The summed E-state index contributed by atoms with van der Waals surface area (Å²) in [5.74, 6) is -0.240. The lowest BCUT2D eigenvalue weighted by Crippen LogP contribution is -2.23. The van der Waals surface area contributed by atoms with Gasteiger partial charge in [0.1, 0.15) is 11.6 Å². The molecule has 0 aliphatic heterocycles. The van der Waals surface area contributed by atoms with E-state index in [9.17, 15) is 9.18 Å². The van der Waals surface area contributed by atoms with E-state index in [0.717, 1.165) is 5.39 Å². The van der Waals surface area contributed by atoms with Crippen molar-refractivity contribution in [3.05, 3.63) is 70.3 Å². The molecule has 0 fully saturated rings. The maximum Gasteiger partial charge on any atom is 0.264 e. The van der Waals surface area contributed by atoms with Gasteiger partial charge in [-0.05, 0) is 36.1 Å². The number of para-hydroxylation sites is 1. The van der Waals surface area contributed by atoms with Gasteiger partial charge >= 0.3 is 0 Å². The molecule has 0 bridgehead atoms. The Labute approximate surface area is 115 Å². The number of anilines is 1. The van der Waals surface area contributed by atoms with Gasteiger partial charge in [0.2, 0.25) is 0 Å². The number of aromatic nitrogens is 1. The van der Waals surface area contributed by atoms with Crippen LogP contribution in [0.5, 0.6) is 0 Å². The molecule has 0 unspecified atom stereocenters. The molecule has 0 saturated heterocycles. The minimum Gasteiger partial charge on any atom is -0.385 e. The van der Waals surface area contributed by atoms with Crippen LogP contribution in [0.15, 0.2) is 53.3 Å². The van der Waals surface area contributed by atoms with Gasteiger partial charge in [0.05, 0.1) is 5.69 Å². The maximum atomic E-state index is 14.1. The van der Waals surface area contributed by atoms with Crippen molar-refractivity contribution in [3.8, 4) is 5.69 Å². The Balaban J connectivity index is 2.46. The van der Waals surface area contributed by atoms with Crippen molar-refractivity contribution in [3.63, 3.8) is 0 Å². The van der Waals surface area contributed by atoms with E-state index in [1.165, 1.54) is 10.6 Å². The molecule has 4 heteroatoms. The van der Waals surface area contributed by atoms with E-state index in [1.807, 2.05) is 12.1 Å². The molecule has 0 radical (unpaired) electrons. The molecular formula is C16H13FN2O. The number of hydrogen-bond donors (Lipinski definition) is 1. The first kappa shape index (κ1) is 12.4. The lowest BCUT2D eigenvalue weighted by Gasteiger charge is -2.14. The van der Waals surface area contributed by atoms with Gasteiger partial charge in [-0.15, -0.1) is 0 Å². The Morgan fingerprint density at radius 3 is 2.60 bits per heavy atom. The first-order valence-corrected chi connectivity index (χ1v) is 6.25. The molecule has 0 aliphatic carbocycles. The standard InChI is InChI=1S/C16H13FN2O/c1-10-5-4-8-13(17)15(10)19-14(18)9-11-6-2-3-7-12(11)16(19)20/h2-9H,18H2,1H3. The fourth-order valence-corrected chi connectivity index (χ4v) is 2.42. The number of nitrogens with two attached hydrogens (primary N) is 1. The van der Waals surface area contributed by atoms with Crippen molar-refractivity contribution in [2.75, 3.05) is 5.73 Å². The molecule has 0 amide bonds. The second-order valence-electron chi connectivity index (χ2n) is 4.70. The number of nitrogen functional groups attached to an aromatic ring is 1. The molecular weight excluding hydrogens is 255 g/mol. The number of halogens is 1. The molecule has 3 nitrogen and oxygen atoms in total. The van der Waals surface area contributed by atoms with Crippen molar-refractivity contribution in [2.45, 2.75) is 6.92 Å². The molecule has 20 heavy (non-hydrogen) atoms. The lowest BCUT2D eigenvalue weighted by atomic mass is 10.1. The Bertz CT molecular complexity index is 848. The molecule has 0 saturated carbocycles. The fraction of sp³-hybridized carbons (Fsp3) is 0.0625. The van der Waals surface area contributed by atoms with Crippen molar-refractivity contribution >= 4 is 16.6 Å². The minimum absolute atomic E-state index is 0.209. The van der Waals surface area contributed by atoms with Crippen LogP contribution in [0.3, 0.4) is 0 Å². The first-order valence-electron chi connectivity index (χ1n) is 6.25. The molecule has 3 aromatic rings. The summed E-state index contributed by atoms with van der Waals surface area (Å²) < 4.78 is 15.3. The third-order valence-corrected chi connectivity index (χ3v) is 3.37. The van der Waals surface area contributed by atoms with Crippen LogP contribution >= 0.6 is 0 Å². The smallest absolute Gasteiger partial charge is 0.264 e. The monoisotopic (exact) mass is 268 g/mol. The van der Waals surface area contributed by atoms with Gasteiger partial charge in [-0.1, -0.05) is 30.3 Å². The zero-order valence-electron chi connectivity index (χ0n) is 10.9. The molecule has 0 spiro atoms. The largest absolute Gasteiger partial charge is 0.385 e. The summed E-state index contributed by atoms with van der Waals surface area (Å²) in [5.41, 5.74) is 6.51. The van der Waals surface area contributed by atoms with Crippen molar-refractivity contribution < 1.29 is 4.39 Å². The first-order chi connectivity index (χ1) is 9.59. The quantitative estimate of drug-likeness (QED) is 0.737. The summed E-state index contributed by atoms with van der Waals surface area (Å²) in [6, 6.07) is 13.5. The molecule has 0 atom stereocenters. The second kappa shape index (κ2) is 4.49. The fourth-order valence-electron chi connectivity index (χ4n) is 2.42. The summed E-state index contributed by atoms with van der Waals surface area (Å²) in [7, 11) is 0. The van der Waals surface area contributed by atoms with Crippen molar-refractivity contribution in [1.29, 1.82) is 0 Å². The third kappa shape index (κ3) is 1.77. The Morgan fingerprint density at radius 2 is 1.85 bits per heavy atom. The predicted octanol–water partition coefficient (Wildman–Crippen LogP) is 3.02. The Morgan fingerprint density at radius 1 is 1.10 bits per heavy atom. The highest BCUT2D eigenvalue weighted by molar-refractivity contribution is 5.84. The highest BCUT2D eigenvalue weighted by Gasteiger charge is 2.14. The highest BCUT2D eigenvalue weighted by Crippen LogP contribution is 2.22. The van der Waals surface area contributed by atoms with E-state index in [-0.39, 0.29) is 17.1 Å². The Hall–Kier alpha value is -2.62. The van der Waals surface area contributed by atoms with Crippen LogP contribution in [0.4, 0.5) is 10.2 Å². The number of benzene rings is 2. The zero-order valence-corrected chi connectivity index (χ0v) is 10.9. The number of pyridine rings is 1. The number of rotatable bonds is 1. The van der Waals surface area contributed by atoms with Crippen molar-refractivity contribution in [1.82, 2.24) is 4.57 Å². The average Bonchev–Trinajstić information content (AvgIpc) is 2.42. The van der Waals surface area contributed by atoms with Gasteiger partial charge in [0, 0.05) is 5.39 Å². The number of nitrogens with zero attached hydrogens (tertiary/aromatic N) is 1. The summed E-state index contributed by atoms with van der Waals surface area (Å²) in [6.07, 6.45) is 0. The molecule has 1 heterocycles. The number of hydrogen-bond acceptors (Lipinski definition) is 2. The van der Waals surface area contributed by atoms with E-state index < -0.39 is 5.82 Å². The molecule has 3 rings (SSSR count). The summed E-state index contributed by atoms with van der Waals surface area (Å²) in [6.45, 7) is 1.75. The summed E-state index contributed by atoms with van der Waals surface area (Å²) >= 11 is 0. The van der Waals surface area contributed by atoms with Crippen LogP contribution in [0.1, 0.15) is 5.56 Å². The number of fused-ring (bicyclic) bond motifs is 1. The van der Waals surface area contributed by atoms with Crippen LogP contribution in [0.2, 0.25) is 0 Å². The predicted molar refractivity (Wildman–Crippen MR) is 78.7 cm³/mol. The lowest BCUT2D eigenvalue weighted by molar-refractivity contribution is 0.615. The van der Waals surface area contributed by atoms with E-state index in [0.29, 0.717) is 10.9 Å². The molecule has 100 valence electrons. The van der Waals surface area contributed by atoms with E-state index in [4.69, 9.17) is 5.73 Å². The zero-order chi connectivity index (χ0) is 14.3. The number of aryl methyl sites for hydroxylation is 1. The highest BCUT2D eigenvalue weighted by atomic mass is 19.1. The van der Waals surface area contributed by atoms with Gasteiger partial charge in [-0.3, -0.25) is 9.36 Å². The molecule has 0 aliphatic rings. The van der Waals surface area contributed by atoms with E-state index in [2.05, 4.69) is 0 Å². The summed E-state index contributed by atoms with van der Waals surface area (Å²) in [5, 5.41) is 1.27. The maximum absolute atomic E-state index is 14.1. The van der Waals surface area contributed by atoms with Gasteiger partial charge in [-0.25, -0.2) is 4.39 Å². The SMILES string of the molecule is Cc1cccc(F)c1-n1c(N)cc2ccccc2c1=O. The van der Waals surface area contributed by atoms with Crippen molar-refractivity contribution in [2.24, 2.45) is 0 Å². The van der Waals surface area contributed by atoms with Gasteiger partial charge in [0.25, 0.3) is 5.56 Å². The average molecular weight is 268 g/mol. The Kier molecular flexibility index (Phi) is 2.79. The van der Waals surface area contributed by atoms with Gasteiger partial charge < -0.3 is 5.73 Å². The van der Waals surface area contributed by atoms with E-state index in [1.54, 1.807) is 37.3 Å². The van der Waals surface area contributed by atoms with E-state index >= 15 is 0 Å². The molecule has 2 aromatic carbocycles. The van der Waals surface area contributed by atoms with Crippen LogP contribution in [0, 0.1) is 12.7 Å². The summed E-state index contributed by atoms with van der Waals surface area (Å²) in [4.78, 5) is 12.6. The van der Waals surface area contributed by atoms with Crippen LogP contribution < -0.4 is 11.3 Å². The minimum atomic E-state index is -0.464. The third-order valence-electron chi connectivity index (χ3n) is 3.37.